The smallest absolute Gasteiger partial charge is 0.162 e. The summed E-state index contributed by atoms with van der Waals surface area (Å²) in [5, 5.41) is 9.43. The van der Waals surface area contributed by atoms with E-state index in [4.69, 9.17) is 4.98 Å². The van der Waals surface area contributed by atoms with Crippen molar-refractivity contribution in [3.63, 3.8) is 0 Å². The van der Waals surface area contributed by atoms with Crippen molar-refractivity contribution in [2.45, 2.75) is 38.0 Å². The van der Waals surface area contributed by atoms with Crippen LogP contribution in [0, 0.1) is 5.92 Å². The maximum Gasteiger partial charge on any atom is 0.162 e. The number of aromatic nitrogens is 2. The number of carbonyl (C=O) groups is 1. The van der Waals surface area contributed by atoms with Gasteiger partial charge in [-0.1, -0.05) is 37.3 Å². The number of aryl methyl sites for hydroxylation is 1. The highest BCUT2D eigenvalue weighted by molar-refractivity contribution is 5.96. The van der Waals surface area contributed by atoms with E-state index in [9.17, 15) is 9.90 Å². The standard InChI is InChI=1S/C20H20N2O2/c1-20-10-15(12-23)17(24)9-16(20)8-7-14-11-21-19(22-18(14)20)13-5-3-2-4-6-13/h2-6,11-12,16,23H,7-10H2,1H3/b15-12-. The third-order valence-corrected chi connectivity index (χ3v) is 5.60. The van der Waals surface area contributed by atoms with Crippen molar-refractivity contribution >= 4 is 5.78 Å². The van der Waals surface area contributed by atoms with Crippen molar-refractivity contribution in [2.75, 3.05) is 0 Å². The molecule has 4 rings (SSSR count). The Morgan fingerprint density at radius 1 is 1.29 bits per heavy atom. The summed E-state index contributed by atoms with van der Waals surface area (Å²) in [5.41, 5.74) is 3.50. The molecule has 0 amide bonds. The summed E-state index contributed by atoms with van der Waals surface area (Å²) in [7, 11) is 0. The molecule has 1 saturated carbocycles. The number of carbonyl (C=O) groups excluding carboxylic acids is 1. The molecule has 2 aliphatic carbocycles. The molecule has 1 heterocycles. The fourth-order valence-corrected chi connectivity index (χ4v) is 4.17. The van der Waals surface area contributed by atoms with Crippen LogP contribution in [0.25, 0.3) is 11.4 Å². The first kappa shape index (κ1) is 15.1. The summed E-state index contributed by atoms with van der Waals surface area (Å²) in [6, 6.07) is 9.95. The zero-order valence-electron chi connectivity index (χ0n) is 13.7. The number of hydrogen-bond donors (Lipinski definition) is 1. The molecule has 1 N–H and O–H groups in total. The fraction of sp³-hybridized carbons (Fsp3) is 0.350. The first-order valence-electron chi connectivity index (χ1n) is 8.40. The Bertz CT molecular complexity index is 829. The van der Waals surface area contributed by atoms with Gasteiger partial charge in [-0.25, -0.2) is 9.97 Å². The highest BCUT2D eigenvalue weighted by atomic mass is 16.2. The minimum Gasteiger partial charge on any atom is -0.515 e. The minimum atomic E-state index is -0.220. The second-order valence-electron chi connectivity index (χ2n) is 7.04. The van der Waals surface area contributed by atoms with E-state index in [1.54, 1.807) is 0 Å². The first-order valence-corrected chi connectivity index (χ1v) is 8.40. The van der Waals surface area contributed by atoms with E-state index >= 15 is 0 Å². The van der Waals surface area contributed by atoms with Gasteiger partial charge >= 0.3 is 0 Å². The number of rotatable bonds is 1. The molecule has 2 atom stereocenters. The molecule has 1 fully saturated rings. The third kappa shape index (κ3) is 2.25. The maximum atomic E-state index is 12.2. The van der Waals surface area contributed by atoms with Crippen LogP contribution in [0.4, 0.5) is 0 Å². The van der Waals surface area contributed by atoms with E-state index in [1.165, 1.54) is 5.56 Å². The largest absolute Gasteiger partial charge is 0.515 e. The molecule has 4 nitrogen and oxygen atoms in total. The van der Waals surface area contributed by atoms with E-state index in [1.807, 2.05) is 36.5 Å². The van der Waals surface area contributed by atoms with Crippen LogP contribution >= 0.6 is 0 Å². The molecule has 2 aliphatic rings. The van der Waals surface area contributed by atoms with Crippen molar-refractivity contribution in [2.24, 2.45) is 5.92 Å². The molecule has 1 aromatic heterocycles. The van der Waals surface area contributed by atoms with Crippen LogP contribution in [-0.4, -0.2) is 20.9 Å². The van der Waals surface area contributed by atoms with Gasteiger partial charge < -0.3 is 5.11 Å². The van der Waals surface area contributed by atoms with Crippen LogP contribution in [0.3, 0.4) is 0 Å². The summed E-state index contributed by atoms with van der Waals surface area (Å²) in [4.78, 5) is 21.6. The van der Waals surface area contributed by atoms with Gasteiger partial charge in [0, 0.05) is 29.2 Å². The topological polar surface area (TPSA) is 63.1 Å². The molecule has 0 spiro atoms. The average Bonchev–Trinajstić information content (AvgIpc) is 2.62. The molecule has 2 aromatic rings. The Balaban J connectivity index is 1.82. The van der Waals surface area contributed by atoms with Gasteiger partial charge in [0.25, 0.3) is 0 Å². The van der Waals surface area contributed by atoms with E-state index in [0.29, 0.717) is 18.4 Å². The predicted molar refractivity (Wildman–Crippen MR) is 91.6 cm³/mol. The van der Waals surface area contributed by atoms with Gasteiger partial charge in [0.2, 0.25) is 0 Å². The van der Waals surface area contributed by atoms with Crippen molar-refractivity contribution in [1.29, 1.82) is 0 Å². The first-order chi connectivity index (χ1) is 11.6. The van der Waals surface area contributed by atoms with Crippen LogP contribution in [-0.2, 0) is 16.6 Å². The normalized spacial score (nSPS) is 27.6. The summed E-state index contributed by atoms with van der Waals surface area (Å²) in [6.07, 6.45) is 5.85. The van der Waals surface area contributed by atoms with Gasteiger partial charge in [-0.3, -0.25) is 4.79 Å². The molecular formula is C20H20N2O2. The summed E-state index contributed by atoms with van der Waals surface area (Å²) >= 11 is 0. The van der Waals surface area contributed by atoms with Crippen LogP contribution in [0.15, 0.2) is 48.4 Å². The van der Waals surface area contributed by atoms with E-state index < -0.39 is 0 Å². The zero-order chi connectivity index (χ0) is 16.7. The van der Waals surface area contributed by atoms with Crippen molar-refractivity contribution in [1.82, 2.24) is 9.97 Å². The lowest BCUT2D eigenvalue weighted by molar-refractivity contribution is -0.119. The second-order valence-corrected chi connectivity index (χ2v) is 7.04. The van der Waals surface area contributed by atoms with Crippen molar-refractivity contribution in [3.05, 3.63) is 59.6 Å². The molecule has 122 valence electrons. The second kappa shape index (κ2) is 5.55. The van der Waals surface area contributed by atoms with Crippen LogP contribution < -0.4 is 0 Å². The van der Waals surface area contributed by atoms with Crippen molar-refractivity contribution < 1.29 is 9.90 Å². The van der Waals surface area contributed by atoms with Gasteiger partial charge in [-0.2, -0.15) is 0 Å². The number of hydrogen-bond acceptors (Lipinski definition) is 4. The van der Waals surface area contributed by atoms with Crippen molar-refractivity contribution in [3.8, 4) is 11.4 Å². The average molecular weight is 320 g/mol. The Morgan fingerprint density at radius 2 is 2.08 bits per heavy atom. The van der Waals surface area contributed by atoms with Crippen LogP contribution in [0.5, 0.6) is 0 Å². The molecule has 4 heteroatoms. The number of aliphatic hydroxyl groups excluding tert-OH is 1. The zero-order valence-corrected chi connectivity index (χ0v) is 13.7. The molecule has 0 aliphatic heterocycles. The molecule has 0 bridgehead atoms. The molecule has 1 aromatic carbocycles. The molecular weight excluding hydrogens is 300 g/mol. The summed E-state index contributed by atoms with van der Waals surface area (Å²) < 4.78 is 0. The van der Waals surface area contributed by atoms with Gasteiger partial charge in [-0.05, 0) is 30.7 Å². The lowest BCUT2D eigenvalue weighted by atomic mass is 9.59. The molecule has 24 heavy (non-hydrogen) atoms. The Labute approximate surface area is 141 Å². The Kier molecular flexibility index (Phi) is 3.48. The van der Waals surface area contributed by atoms with Crippen LogP contribution in [0.2, 0.25) is 0 Å². The van der Waals surface area contributed by atoms with E-state index in [0.717, 1.165) is 36.2 Å². The lowest BCUT2D eigenvalue weighted by Crippen LogP contribution is -2.43. The number of Topliss-reactive ketones (excluding diaryl/α,β-unsaturated/α-hetero) is 1. The number of ketones is 1. The quantitative estimate of drug-likeness (QED) is 0.642. The number of benzene rings is 1. The van der Waals surface area contributed by atoms with Gasteiger partial charge in [0.1, 0.15) is 0 Å². The third-order valence-electron chi connectivity index (χ3n) is 5.60. The summed E-state index contributed by atoms with van der Waals surface area (Å²) in [5.74, 6) is 1.07. The molecule has 0 radical (unpaired) electrons. The SMILES string of the molecule is CC12C/C(=C/O)C(=O)CC1CCc1cnc(-c3ccccc3)nc12. The van der Waals surface area contributed by atoms with Gasteiger partial charge in [0.05, 0.1) is 12.0 Å². The van der Waals surface area contributed by atoms with Gasteiger partial charge in [-0.15, -0.1) is 0 Å². The monoisotopic (exact) mass is 320 g/mol. The number of nitrogens with zero attached hydrogens (tertiary/aromatic N) is 2. The van der Waals surface area contributed by atoms with Gasteiger partial charge in [0.15, 0.2) is 11.6 Å². The van der Waals surface area contributed by atoms with E-state index in [-0.39, 0.29) is 17.1 Å². The highest BCUT2D eigenvalue weighted by Crippen LogP contribution is 2.49. The molecule has 0 saturated heterocycles. The fourth-order valence-electron chi connectivity index (χ4n) is 4.17. The number of allylic oxidation sites excluding steroid dienone is 1. The predicted octanol–water partition coefficient (Wildman–Crippen LogP) is 3.77. The highest BCUT2D eigenvalue weighted by Gasteiger charge is 2.47. The number of aliphatic hydroxyl groups is 1. The lowest BCUT2D eigenvalue weighted by Gasteiger charge is -2.45. The van der Waals surface area contributed by atoms with E-state index in [2.05, 4.69) is 11.9 Å². The minimum absolute atomic E-state index is 0.0702. The Hall–Kier alpha value is -2.49. The Morgan fingerprint density at radius 3 is 2.83 bits per heavy atom. The maximum absolute atomic E-state index is 12.2. The molecule has 2 unspecified atom stereocenters. The number of fused-ring (bicyclic) bond motifs is 3. The van der Waals surface area contributed by atoms with Crippen LogP contribution in [0.1, 0.15) is 37.4 Å². The summed E-state index contributed by atoms with van der Waals surface area (Å²) in [6.45, 7) is 2.17.